The maximum Gasteiger partial charge on any atom is 0.339 e. The van der Waals surface area contributed by atoms with Gasteiger partial charge in [0.2, 0.25) is 5.89 Å². The van der Waals surface area contributed by atoms with Gasteiger partial charge in [-0.05, 0) is 32.0 Å². The van der Waals surface area contributed by atoms with Crippen molar-refractivity contribution < 1.29 is 18.7 Å². The molecule has 21 heavy (non-hydrogen) atoms. The fraction of sp³-hybridized carbons (Fsp3) is 0.125. The van der Waals surface area contributed by atoms with E-state index in [2.05, 4.69) is 4.98 Å². The number of halogens is 1. The van der Waals surface area contributed by atoms with E-state index in [0.29, 0.717) is 5.56 Å². The zero-order valence-electron chi connectivity index (χ0n) is 11.5. The number of carboxylic acids is 1. The average molecular weight is 285 g/mol. The summed E-state index contributed by atoms with van der Waals surface area (Å²) < 4.78 is 19.4. The van der Waals surface area contributed by atoms with E-state index in [1.807, 2.05) is 31.2 Å². The second-order valence-electron chi connectivity index (χ2n) is 4.90. The van der Waals surface area contributed by atoms with Crippen molar-refractivity contribution in [2.75, 3.05) is 0 Å². The maximum atomic E-state index is 13.8. The number of fused-ring (bicyclic) bond motifs is 1. The topological polar surface area (TPSA) is 63.3 Å². The van der Waals surface area contributed by atoms with Gasteiger partial charge in [0.1, 0.15) is 16.9 Å². The second kappa shape index (κ2) is 4.70. The minimum absolute atomic E-state index is 0.0944. The predicted octanol–water partition coefficient (Wildman–Crippen LogP) is 3.95. The number of aromatic nitrogens is 1. The number of aromatic carboxylic acids is 1. The van der Waals surface area contributed by atoms with Gasteiger partial charge in [-0.3, -0.25) is 0 Å². The lowest BCUT2D eigenvalue weighted by atomic mass is 10.1. The van der Waals surface area contributed by atoms with Crippen LogP contribution in [0.1, 0.15) is 21.5 Å². The molecule has 0 aliphatic carbocycles. The molecule has 0 bridgehead atoms. The van der Waals surface area contributed by atoms with E-state index in [4.69, 9.17) is 9.52 Å². The molecule has 0 aliphatic rings. The fourth-order valence-electron chi connectivity index (χ4n) is 2.15. The Hall–Kier alpha value is -2.69. The third-order valence-electron chi connectivity index (χ3n) is 3.39. The minimum Gasteiger partial charge on any atom is -0.478 e. The molecule has 4 nitrogen and oxygen atoms in total. The van der Waals surface area contributed by atoms with E-state index in [0.717, 1.165) is 11.6 Å². The summed E-state index contributed by atoms with van der Waals surface area (Å²) in [4.78, 5) is 15.5. The van der Waals surface area contributed by atoms with Crippen LogP contribution in [0, 0.1) is 19.7 Å². The van der Waals surface area contributed by atoms with Crippen molar-refractivity contribution in [2.45, 2.75) is 13.8 Å². The molecule has 106 valence electrons. The fourth-order valence-corrected chi connectivity index (χ4v) is 2.15. The highest BCUT2D eigenvalue weighted by molar-refractivity contribution is 6.01. The Morgan fingerprint density at radius 1 is 1.24 bits per heavy atom. The summed E-state index contributed by atoms with van der Waals surface area (Å²) in [6, 6.07) is 8.41. The number of oxazole rings is 1. The van der Waals surface area contributed by atoms with E-state index in [1.165, 1.54) is 0 Å². The monoisotopic (exact) mass is 285 g/mol. The zero-order valence-corrected chi connectivity index (χ0v) is 11.5. The van der Waals surface area contributed by atoms with Gasteiger partial charge in [-0.2, -0.15) is 0 Å². The second-order valence-corrected chi connectivity index (χ2v) is 4.90. The van der Waals surface area contributed by atoms with Gasteiger partial charge < -0.3 is 9.52 Å². The number of aryl methyl sites for hydroxylation is 2. The highest BCUT2D eigenvalue weighted by Crippen LogP contribution is 2.30. The molecule has 1 heterocycles. The van der Waals surface area contributed by atoms with Crippen LogP contribution in [0.5, 0.6) is 0 Å². The van der Waals surface area contributed by atoms with Crippen molar-refractivity contribution in [2.24, 2.45) is 0 Å². The lowest BCUT2D eigenvalue weighted by molar-refractivity contribution is 0.0697. The standard InChI is InChI=1S/C16H12FNO3/c1-8-3-5-10(6-4-8)15-18-13-9(2)12(17)7-11(16(19)20)14(13)21-15/h3-7H,1-2H3,(H,19,20). The zero-order chi connectivity index (χ0) is 15.1. The first-order valence-electron chi connectivity index (χ1n) is 6.37. The Kier molecular flexibility index (Phi) is 2.97. The summed E-state index contributed by atoms with van der Waals surface area (Å²) in [5, 5.41) is 9.16. The summed E-state index contributed by atoms with van der Waals surface area (Å²) in [5.74, 6) is -1.57. The molecule has 0 radical (unpaired) electrons. The Morgan fingerprint density at radius 2 is 1.90 bits per heavy atom. The van der Waals surface area contributed by atoms with Crippen molar-refractivity contribution in [3.05, 3.63) is 52.8 Å². The van der Waals surface area contributed by atoms with Crippen LogP contribution >= 0.6 is 0 Å². The molecule has 0 saturated heterocycles. The SMILES string of the molecule is Cc1ccc(-c2nc3c(C)c(F)cc(C(=O)O)c3o2)cc1. The van der Waals surface area contributed by atoms with Crippen molar-refractivity contribution in [1.29, 1.82) is 0 Å². The summed E-state index contributed by atoms with van der Waals surface area (Å²) >= 11 is 0. The molecule has 0 amide bonds. The molecule has 3 rings (SSSR count). The highest BCUT2D eigenvalue weighted by Gasteiger charge is 2.20. The van der Waals surface area contributed by atoms with Gasteiger partial charge in [-0.1, -0.05) is 17.7 Å². The summed E-state index contributed by atoms with van der Waals surface area (Å²) in [6.45, 7) is 3.50. The van der Waals surface area contributed by atoms with Crippen molar-refractivity contribution in [3.63, 3.8) is 0 Å². The van der Waals surface area contributed by atoms with Gasteiger partial charge in [0, 0.05) is 11.1 Å². The molecule has 0 aliphatic heterocycles. The first kappa shape index (κ1) is 13.3. The third kappa shape index (κ3) is 2.16. The first-order chi connectivity index (χ1) is 9.97. The lowest BCUT2D eigenvalue weighted by Crippen LogP contribution is -1.99. The third-order valence-corrected chi connectivity index (χ3v) is 3.39. The average Bonchev–Trinajstić information content (AvgIpc) is 2.88. The first-order valence-corrected chi connectivity index (χ1v) is 6.37. The number of nitrogens with zero attached hydrogens (tertiary/aromatic N) is 1. The van der Waals surface area contributed by atoms with Crippen molar-refractivity contribution in [1.82, 2.24) is 4.98 Å². The lowest BCUT2D eigenvalue weighted by Gasteiger charge is -1.99. The van der Waals surface area contributed by atoms with Crippen molar-refractivity contribution in [3.8, 4) is 11.5 Å². The van der Waals surface area contributed by atoms with Gasteiger partial charge >= 0.3 is 5.97 Å². The van der Waals surface area contributed by atoms with Crippen LogP contribution in [-0.2, 0) is 0 Å². The molecular weight excluding hydrogens is 273 g/mol. The Bertz CT molecular complexity index is 850. The van der Waals surface area contributed by atoms with Crippen LogP contribution in [0.4, 0.5) is 4.39 Å². The normalized spacial score (nSPS) is 11.0. The number of carboxylic acid groups (broad SMARTS) is 1. The molecule has 5 heteroatoms. The Balaban J connectivity index is 2.28. The number of carbonyl (C=O) groups is 1. The van der Waals surface area contributed by atoms with Gasteiger partial charge in [0.15, 0.2) is 5.58 Å². The molecule has 2 aromatic carbocycles. The quantitative estimate of drug-likeness (QED) is 0.774. The molecule has 0 saturated carbocycles. The largest absolute Gasteiger partial charge is 0.478 e. The van der Waals surface area contributed by atoms with Crippen LogP contribution in [0.3, 0.4) is 0 Å². The van der Waals surface area contributed by atoms with Gasteiger partial charge in [-0.25, -0.2) is 14.2 Å². The van der Waals surface area contributed by atoms with Gasteiger partial charge in [-0.15, -0.1) is 0 Å². The van der Waals surface area contributed by atoms with Crippen LogP contribution in [0.15, 0.2) is 34.7 Å². The van der Waals surface area contributed by atoms with Gasteiger partial charge in [0.25, 0.3) is 0 Å². The van der Waals surface area contributed by atoms with Crippen molar-refractivity contribution >= 4 is 17.1 Å². The summed E-state index contributed by atoms with van der Waals surface area (Å²) in [6.07, 6.45) is 0. The van der Waals surface area contributed by atoms with E-state index in [1.54, 1.807) is 6.92 Å². The number of benzene rings is 2. The minimum atomic E-state index is -1.24. The number of hydrogen-bond acceptors (Lipinski definition) is 3. The van der Waals surface area contributed by atoms with E-state index in [9.17, 15) is 9.18 Å². The van der Waals surface area contributed by atoms with E-state index < -0.39 is 11.8 Å². The molecule has 0 unspecified atom stereocenters. The predicted molar refractivity (Wildman–Crippen MR) is 75.8 cm³/mol. The molecule has 0 atom stereocenters. The summed E-state index contributed by atoms with van der Waals surface area (Å²) in [5.41, 5.74) is 2.19. The molecule has 0 spiro atoms. The van der Waals surface area contributed by atoms with Gasteiger partial charge in [0.05, 0.1) is 0 Å². The van der Waals surface area contributed by atoms with Crippen LogP contribution < -0.4 is 0 Å². The van der Waals surface area contributed by atoms with Crippen LogP contribution in [0.25, 0.3) is 22.6 Å². The smallest absolute Gasteiger partial charge is 0.339 e. The van der Waals surface area contributed by atoms with E-state index in [-0.39, 0.29) is 28.1 Å². The highest BCUT2D eigenvalue weighted by atomic mass is 19.1. The molecular formula is C16H12FNO3. The van der Waals surface area contributed by atoms with Crippen LogP contribution in [-0.4, -0.2) is 16.1 Å². The molecule has 1 aromatic heterocycles. The molecule has 3 aromatic rings. The van der Waals surface area contributed by atoms with E-state index >= 15 is 0 Å². The van der Waals surface area contributed by atoms with Crippen LogP contribution in [0.2, 0.25) is 0 Å². The Labute approximate surface area is 119 Å². The molecule has 1 N–H and O–H groups in total. The number of rotatable bonds is 2. The Morgan fingerprint density at radius 3 is 2.52 bits per heavy atom. The number of hydrogen-bond donors (Lipinski definition) is 1. The molecule has 0 fully saturated rings. The maximum absolute atomic E-state index is 13.8. The summed E-state index contributed by atoms with van der Waals surface area (Å²) in [7, 11) is 0.